The Hall–Kier alpha value is -0.820. The van der Waals surface area contributed by atoms with E-state index in [2.05, 4.69) is 57.3 Å². The van der Waals surface area contributed by atoms with E-state index in [9.17, 15) is 0 Å². The highest BCUT2D eigenvalue weighted by Crippen LogP contribution is 2.31. The quantitative estimate of drug-likeness (QED) is 0.832. The second-order valence-corrected chi connectivity index (χ2v) is 6.67. The molecular weight excluding hydrogens is 218 g/mol. The minimum Gasteiger partial charge on any atom is -0.309 e. The molecule has 1 atom stereocenters. The molecule has 0 bridgehead atoms. The lowest BCUT2D eigenvalue weighted by atomic mass is 9.80. The molecule has 0 aromatic heterocycles. The highest BCUT2D eigenvalue weighted by molar-refractivity contribution is 5.32. The lowest BCUT2D eigenvalue weighted by Gasteiger charge is -2.34. The van der Waals surface area contributed by atoms with Gasteiger partial charge in [0.05, 0.1) is 0 Å². The van der Waals surface area contributed by atoms with Crippen LogP contribution in [0.3, 0.4) is 0 Å². The molecule has 0 spiro atoms. The van der Waals surface area contributed by atoms with Crippen LogP contribution in [0.4, 0.5) is 0 Å². The molecule has 100 valence electrons. The highest BCUT2D eigenvalue weighted by atomic mass is 14.9. The van der Waals surface area contributed by atoms with Crippen LogP contribution in [0.1, 0.15) is 57.7 Å². The van der Waals surface area contributed by atoms with Crippen LogP contribution in [-0.4, -0.2) is 6.54 Å². The zero-order valence-electron chi connectivity index (χ0n) is 12.3. The average molecular weight is 245 g/mol. The lowest BCUT2D eigenvalue weighted by molar-refractivity contribution is 0.224. The highest BCUT2D eigenvalue weighted by Gasteiger charge is 2.25. The molecule has 1 nitrogen and oxygen atoms in total. The second kappa shape index (κ2) is 5.44. The normalized spacial score (nSPS) is 19.9. The summed E-state index contributed by atoms with van der Waals surface area (Å²) in [4.78, 5) is 0. The smallest absolute Gasteiger partial charge is 0.0323 e. The molecule has 0 radical (unpaired) electrons. The minimum atomic E-state index is 0.367. The summed E-state index contributed by atoms with van der Waals surface area (Å²) in [6.45, 7) is 10.5. The molecule has 0 fully saturated rings. The molecule has 1 unspecified atom stereocenters. The number of hydrogen-bond acceptors (Lipinski definition) is 1. The van der Waals surface area contributed by atoms with Crippen LogP contribution in [0.15, 0.2) is 24.3 Å². The Bertz CT molecular complexity index is 392. The fourth-order valence-corrected chi connectivity index (χ4v) is 2.56. The van der Waals surface area contributed by atoms with Gasteiger partial charge in [-0.1, -0.05) is 52.0 Å². The van der Waals surface area contributed by atoms with Gasteiger partial charge in [-0.15, -0.1) is 0 Å². The molecule has 1 N–H and O–H groups in total. The van der Waals surface area contributed by atoms with Gasteiger partial charge >= 0.3 is 0 Å². The zero-order chi connectivity index (χ0) is 13.2. The SMILES string of the molecule is CC(C)C(C)(C)CNC1CCCc2ccccc21. The van der Waals surface area contributed by atoms with Crippen molar-refractivity contribution < 1.29 is 0 Å². The van der Waals surface area contributed by atoms with Crippen molar-refractivity contribution >= 4 is 0 Å². The van der Waals surface area contributed by atoms with Crippen molar-refractivity contribution in [3.63, 3.8) is 0 Å². The first-order valence-corrected chi connectivity index (χ1v) is 7.32. The van der Waals surface area contributed by atoms with E-state index in [1.165, 1.54) is 24.8 Å². The fourth-order valence-electron chi connectivity index (χ4n) is 2.56. The van der Waals surface area contributed by atoms with Crippen molar-refractivity contribution in [3.8, 4) is 0 Å². The molecule has 1 aliphatic carbocycles. The third-order valence-electron chi connectivity index (χ3n) is 4.74. The van der Waals surface area contributed by atoms with Gasteiger partial charge in [-0.2, -0.15) is 0 Å². The van der Waals surface area contributed by atoms with E-state index < -0.39 is 0 Å². The average Bonchev–Trinajstić information content (AvgIpc) is 2.36. The monoisotopic (exact) mass is 245 g/mol. The number of rotatable bonds is 4. The van der Waals surface area contributed by atoms with E-state index in [0.29, 0.717) is 17.4 Å². The van der Waals surface area contributed by atoms with Gasteiger partial charge in [-0.05, 0) is 41.7 Å². The number of nitrogens with one attached hydrogen (secondary N) is 1. The van der Waals surface area contributed by atoms with Gasteiger partial charge in [-0.3, -0.25) is 0 Å². The molecule has 1 heteroatoms. The third kappa shape index (κ3) is 2.95. The Morgan fingerprint density at radius 3 is 2.72 bits per heavy atom. The summed E-state index contributed by atoms with van der Waals surface area (Å²) in [5.74, 6) is 0.712. The maximum atomic E-state index is 3.80. The standard InChI is InChI=1S/C17H27N/c1-13(2)17(3,4)12-18-16-11-7-9-14-8-5-6-10-15(14)16/h5-6,8,10,13,16,18H,7,9,11-12H2,1-4H3. The summed E-state index contributed by atoms with van der Waals surface area (Å²) < 4.78 is 0. The Morgan fingerprint density at radius 1 is 1.28 bits per heavy atom. The van der Waals surface area contributed by atoms with Crippen LogP contribution in [0.2, 0.25) is 0 Å². The predicted octanol–water partition coefficient (Wildman–Crippen LogP) is 4.34. The largest absolute Gasteiger partial charge is 0.309 e. The summed E-state index contributed by atoms with van der Waals surface area (Å²) in [7, 11) is 0. The molecule has 0 saturated heterocycles. The van der Waals surface area contributed by atoms with Crippen molar-refractivity contribution in [1.29, 1.82) is 0 Å². The number of fused-ring (bicyclic) bond motifs is 1. The summed E-state index contributed by atoms with van der Waals surface area (Å²) >= 11 is 0. The van der Waals surface area contributed by atoms with Crippen LogP contribution >= 0.6 is 0 Å². The molecule has 1 aliphatic rings. The van der Waals surface area contributed by atoms with Crippen molar-refractivity contribution in [1.82, 2.24) is 5.32 Å². The zero-order valence-corrected chi connectivity index (χ0v) is 12.3. The molecular formula is C17H27N. The molecule has 2 rings (SSSR count). The van der Waals surface area contributed by atoms with Gasteiger partial charge in [0.15, 0.2) is 0 Å². The van der Waals surface area contributed by atoms with Gasteiger partial charge < -0.3 is 5.32 Å². The Morgan fingerprint density at radius 2 is 2.00 bits per heavy atom. The first-order valence-electron chi connectivity index (χ1n) is 7.32. The number of benzene rings is 1. The summed E-state index contributed by atoms with van der Waals surface area (Å²) in [6.07, 6.45) is 3.85. The Labute approximate surface area is 112 Å². The van der Waals surface area contributed by atoms with Gasteiger partial charge in [0.25, 0.3) is 0 Å². The van der Waals surface area contributed by atoms with Gasteiger partial charge in [-0.25, -0.2) is 0 Å². The minimum absolute atomic E-state index is 0.367. The fraction of sp³-hybridized carbons (Fsp3) is 0.647. The maximum absolute atomic E-state index is 3.80. The Balaban J connectivity index is 2.04. The molecule has 0 saturated carbocycles. The molecule has 0 amide bonds. The summed E-state index contributed by atoms with van der Waals surface area (Å²) in [5.41, 5.74) is 3.44. The number of hydrogen-bond donors (Lipinski definition) is 1. The summed E-state index contributed by atoms with van der Waals surface area (Å²) in [6, 6.07) is 9.49. The van der Waals surface area contributed by atoms with Crippen LogP contribution in [-0.2, 0) is 6.42 Å². The maximum Gasteiger partial charge on any atom is 0.0323 e. The van der Waals surface area contributed by atoms with Crippen LogP contribution in [0.25, 0.3) is 0 Å². The van der Waals surface area contributed by atoms with Gasteiger partial charge in [0.2, 0.25) is 0 Å². The van der Waals surface area contributed by atoms with E-state index in [-0.39, 0.29) is 0 Å². The molecule has 0 aliphatic heterocycles. The first kappa shape index (κ1) is 13.6. The molecule has 1 aromatic carbocycles. The van der Waals surface area contributed by atoms with Gasteiger partial charge in [0.1, 0.15) is 0 Å². The van der Waals surface area contributed by atoms with E-state index in [0.717, 1.165) is 6.54 Å². The Kier molecular flexibility index (Phi) is 4.11. The van der Waals surface area contributed by atoms with E-state index in [1.54, 1.807) is 5.56 Å². The van der Waals surface area contributed by atoms with E-state index in [1.807, 2.05) is 0 Å². The second-order valence-electron chi connectivity index (χ2n) is 6.67. The van der Waals surface area contributed by atoms with Crippen LogP contribution in [0, 0.1) is 11.3 Å². The van der Waals surface area contributed by atoms with Crippen LogP contribution in [0.5, 0.6) is 0 Å². The van der Waals surface area contributed by atoms with Crippen molar-refractivity contribution in [2.75, 3.05) is 6.54 Å². The molecule has 1 aromatic rings. The molecule has 0 heterocycles. The van der Waals surface area contributed by atoms with Crippen molar-refractivity contribution in [3.05, 3.63) is 35.4 Å². The number of aryl methyl sites for hydroxylation is 1. The van der Waals surface area contributed by atoms with Crippen molar-refractivity contribution in [2.24, 2.45) is 11.3 Å². The lowest BCUT2D eigenvalue weighted by Crippen LogP contribution is -2.36. The van der Waals surface area contributed by atoms with Crippen LogP contribution < -0.4 is 5.32 Å². The topological polar surface area (TPSA) is 12.0 Å². The van der Waals surface area contributed by atoms with Gasteiger partial charge in [0, 0.05) is 12.6 Å². The van der Waals surface area contributed by atoms with E-state index >= 15 is 0 Å². The predicted molar refractivity (Wildman–Crippen MR) is 78.7 cm³/mol. The molecule has 18 heavy (non-hydrogen) atoms. The van der Waals surface area contributed by atoms with Crippen molar-refractivity contribution in [2.45, 2.75) is 53.0 Å². The van der Waals surface area contributed by atoms with E-state index in [4.69, 9.17) is 0 Å². The third-order valence-corrected chi connectivity index (χ3v) is 4.74. The first-order chi connectivity index (χ1) is 8.50. The summed E-state index contributed by atoms with van der Waals surface area (Å²) in [5, 5.41) is 3.80.